The maximum absolute atomic E-state index is 12.3. The molecule has 2 heterocycles. The number of hydrogen-bond acceptors (Lipinski definition) is 5. The molecule has 1 amide bonds. The number of amides is 1. The highest BCUT2D eigenvalue weighted by Crippen LogP contribution is 2.25. The summed E-state index contributed by atoms with van der Waals surface area (Å²) in [6.07, 6.45) is 1.52. The van der Waals surface area contributed by atoms with Crippen LogP contribution in [-0.2, 0) is 9.53 Å². The fourth-order valence-electron chi connectivity index (χ4n) is 3.13. The smallest absolute Gasteiger partial charge is 0.253 e. The molecule has 0 radical (unpaired) electrons. The van der Waals surface area contributed by atoms with E-state index in [2.05, 4.69) is 4.98 Å². The van der Waals surface area contributed by atoms with Crippen molar-refractivity contribution in [3.8, 4) is 11.5 Å². The summed E-state index contributed by atoms with van der Waals surface area (Å²) < 4.78 is 16.9. The lowest BCUT2D eigenvalue weighted by Crippen LogP contribution is -2.48. The number of benzene rings is 2. The number of carbonyl (C=O) groups excluding carboxylic acids is 1. The van der Waals surface area contributed by atoms with Crippen molar-refractivity contribution in [2.75, 3.05) is 31.8 Å². The van der Waals surface area contributed by atoms with Crippen LogP contribution < -0.4 is 14.4 Å². The first-order chi connectivity index (χ1) is 13.2. The molecule has 138 valence electrons. The van der Waals surface area contributed by atoms with Crippen molar-refractivity contribution in [1.29, 1.82) is 0 Å². The molecule has 0 aliphatic carbocycles. The van der Waals surface area contributed by atoms with E-state index in [0.717, 1.165) is 16.6 Å². The SMILES string of the molecule is COc1cccc(N2CC(COc3cccc4cccnc34)OCC2=O)c1. The van der Waals surface area contributed by atoms with Crippen LogP contribution in [0, 0.1) is 0 Å². The quantitative estimate of drug-likeness (QED) is 0.696. The molecule has 1 unspecified atom stereocenters. The van der Waals surface area contributed by atoms with E-state index in [1.807, 2.05) is 54.6 Å². The van der Waals surface area contributed by atoms with Gasteiger partial charge in [0.2, 0.25) is 0 Å². The Bertz CT molecular complexity index is 954. The van der Waals surface area contributed by atoms with E-state index in [1.54, 1.807) is 18.2 Å². The maximum atomic E-state index is 12.3. The number of fused-ring (bicyclic) bond motifs is 1. The molecule has 1 aliphatic rings. The van der Waals surface area contributed by atoms with Gasteiger partial charge in [-0.15, -0.1) is 0 Å². The second-order valence-corrected chi connectivity index (χ2v) is 6.28. The highest BCUT2D eigenvalue weighted by atomic mass is 16.5. The first-order valence-electron chi connectivity index (χ1n) is 8.77. The van der Waals surface area contributed by atoms with Gasteiger partial charge in [-0.05, 0) is 24.3 Å². The van der Waals surface area contributed by atoms with Crippen LogP contribution in [0.4, 0.5) is 5.69 Å². The fraction of sp³-hybridized carbons (Fsp3) is 0.238. The lowest BCUT2D eigenvalue weighted by molar-refractivity contribution is -0.130. The van der Waals surface area contributed by atoms with Crippen molar-refractivity contribution in [2.24, 2.45) is 0 Å². The van der Waals surface area contributed by atoms with Crippen molar-refractivity contribution in [2.45, 2.75) is 6.10 Å². The maximum Gasteiger partial charge on any atom is 0.253 e. The molecule has 0 saturated carbocycles. The third-order valence-corrected chi connectivity index (χ3v) is 4.52. The Balaban J connectivity index is 1.47. The Morgan fingerprint density at radius 1 is 1.19 bits per heavy atom. The van der Waals surface area contributed by atoms with Gasteiger partial charge in [0.25, 0.3) is 5.91 Å². The van der Waals surface area contributed by atoms with Crippen LogP contribution in [0.5, 0.6) is 11.5 Å². The van der Waals surface area contributed by atoms with Crippen LogP contribution in [-0.4, -0.2) is 43.9 Å². The molecule has 6 nitrogen and oxygen atoms in total. The zero-order chi connectivity index (χ0) is 18.6. The van der Waals surface area contributed by atoms with E-state index in [0.29, 0.717) is 24.7 Å². The van der Waals surface area contributed by atoms with E-state index in [1.165, 1.54) is 0 Å². The summed E-state index contributed by atoms with van der Waals surface area (Å²) in [7, 11) is 1.61. The molecular formula is C21H20N2O4. The van der Waals surface area contributed by atoms with Crippen molar-refractivity contribution < 1.29 is 19.0 Å². The Morgan fingerprint density at radius 3 is 2.93 bits per heavy atom. The van der Waals surface area contributed by atoms with Crippen molar-refractivity contribution in [3.63, 3.8) is 0 Å². The highest BCUT2D eigenvalue weighted by molar-refractivity contribution is 5.95. The molecule has 27 heavy (non-hydrogen) atoms. The van der Waals surface area contributed by atoms with Gasteiger partial charge in [-0.25, -0.2) is 0 Å². The molecule has 1 aromatic heterocycles. The van der Waals surface area contributed by atoms with Gasteiger partial charge in [-0.2, -0.15) is 0 Å². The van der Waals surface area contributed by atoms with Crippen molar-refractivity contribution in [1.82, 2.24) is 4.98 Å². The number of anilines is 1. The second kappa shape index (κ2) is 7.63. The normalized spacial score (nSPS) is 17.1. The van der Waals surface area contributed by atoms with Crippen LogP contribution in [0.1, 0.15) is 0 Å². The lowest BCUT2D eigenvalue weighted by Gasteiger charge is -2.32. The molecular weight excluding hydrogens is 344 g/mol. The number of morpholine rings is 1. The minimum Gasteiger partial charge on any atom is -0.497 e. The Morgan fingerprint density at radius 2 is 2.04 bits per heavy atom. The van der Waals surface area contributed by atoms with Gasteiger partial charge in [0.15, 0.2) is 0 Å². The summed E-state index contributed by atoms with van der Waals surface area (Å²) in [5.74, 6) is 1.34. The number of aromatic nitrogens is 1. The van der Waals surface area contributed by atoms with E-state index >= 15 is 0 Å². The zero-order valence-electron chi connectivity index (χ0n) is 15.0. The minimum atomic E-state index is -0.229. The Hall–Kier alpha value is -3.12. The standard InChI is InChI=1S/C21H20N2O4/c1-25-17-8-3-7-16(11-17)23-12-18(26-14-20(23)24)13-27-19-9-2-5-15-6-4-10-22-21(15)19/h2-11,18H,12-14H2,1H3. The second-order valence-electron chi connectivity index (χ2n) is 6.28. The average molecular weight is 364 g/mol. The number of pyridine rings is 1. The first-order valence-corrected chi connectivity index (χ1v) is 8.77. The molecule has 6 heteroatoms. The van der Waals surface area contributed by atoms with Crippen LogP contribution >= 0.6 is 0 Å². The van der Waals surface area contributed by atoms with Crippen LogP contribution in [0.25, 0.3) is 10.9 Å². The molecule has 0 bridgehead atoms. The number of carbonyl (C=O) groups is 1. The number of methoxy groups -OCH3 is 1. The van der Waals surface area contributed by atoms with Crippen molar-refractivity contribution in [3.05, 3.63) is 60.8 Å². The van der Waals surface area contributed by atoms with Crippen LogP contribution in [0.2, 0.25) is 0 Å². The van der Waals surface area contributed by atoms with Gasteiger partial charge < -0.3 is 19.1 Å². The van der Waals surface area contributed by atoms with E-state index in [-0.39, 0.29) is 18.6 Å². The van der Waals surface area contributed by atoms with Gasteiger partial charge in [0.05, 0.1) is 13.7 Å². The van der Waals surface area contributed by atoms with Crippen LogP contribution in [0.15, 0.2) is 60.8 Å². The topological polar surface area (TPSA) is 60.9 Å². The highest BCUT2D eigenvalue weighted by Gasteiger charge is 2.28. The molecule has 1 atom stereocenters. The third-order valence-electron chi connectivity index (χ3n) is 4.52. The number of para-hydroxylation sites is 1. The van der Waals surface area contributed by atoms with E-state index < -0.39 is 0 Å². The molecule has 1 fully saturated rings. The van der Waals surface area contributed by atoms with Crippen molar-refractivity contribution >= 4 is 22.5 Å². The summed E-state index contributed by atoms with van der Waals surface area (Å²) >= 11 is 0. The minimum absolute atomic E-state index is 0.0268. The van der Waals surface area contributed by atoms with Gasteiger partial charge in [-0.3, -0.25) is 9.78 Å². The largest absolute Gasteiger partial charge is 0.497 e. The summed E-state index contributed by atoms with van der Waals surface area (Å²) in [6, 6.07) is 17.2. The number of nitrogens with zero attached hydrogens (tertiary/aromatic N) is 2. The molecule has 1 saturated heterocycles. The van der Waals surface area contributed by atoms with Gasteiger partial charge in [0, 0.05) is 23.3 Å². The van der Waals surface area contributed by atoms with Gasteiger partial charge >= 0.3 is 0 Å². The summed E-state index contributed by atoms with van der Waals surface area (Å²) in [5, 5.41) is 1.02. The molecule has 2 aromatic carbocycles. The lowest BCUT2D eigenvalue weighted by atomic mass is 10.2. The van der Waals surface area contributed by atoms with E-state index in [9.17, 15) is 4.79 Å². The molecule has 0 spiro atoms. The van der Waals surface area contributed by atoms with Gasteiger partial charge in [-0.1, -0.05) is 24.3 Å². The average Bonchev–Trinajstić information content (AvgIpc) is 2.73. The number of ether oxygens (including phenoxy) is 3. The van der Waals surface area contributed by atoms with Crippen LogP contribution in [0.3, 0.4) is 0 Å². The van der Waals surface area contributed by atoms with Gasteiger partial charge in [0.1, 0.15) is 36.3 Å². The number of rotatable bonds is 5. The summed E-state index contributed by atoms with van der Waals surface area (Å²) in [6.45, 7) is 0.784. The predicted octanol–water partition coefficient (Wildman–Crippen LogP) is 3.05. The Labute approximate surface area is 157 Å². The summed E-state index contributed by atoms with van der Waals surface area (Å²) in [4.78, 5) is 18.4. The zero-order valence-corrected chi connectivity index (χ0v) is 15.0. The first kappa shape index (κ1) is 17.3. The fourth-order valence-corrected chi connectivity index (χ4v) is 3.13. The molecule has 0 N–H and O–H groups in total. The molecule has 1 aliphatic heterocycles. The summed E-state index contributed by atoms with van der Waals surface area (Å²) in [5.41, 5.74) is 1.61. The molecule has 4 rings (SSSR count). The predicted molar refractivity (Wildman–Crippen MR) is 102 cm³/mol. The number of hydrogen-bond donors (Lipinski definition) is 0. The monoisotopic (exact) mass is 364 g/mol. The third kappa shape index (κ3) is 3.71. The van der Waals surface area contributed by atoms with E-state index in [4.69, 9.17) is 14.2 Å². The Kier molecular flexibility index (Phi) is 4.89. The molecule has 3 aromatic rings.